The number of alkyl carbamates (subject to hydrolysis) is 1. The van der Waals surface area contributed by atoms with Gasteiger partial charge in [0.1, 0.15) is 6.61 Å². The van der Waals surface area contributed by atoms with Gasteiger partial charge in [0, 0.05) is 19.0 Å². The molecule has 0 unspecified atom stereocenters. The van der Waals surface area contributed by atoms with Crippen LogP contribution >= 0.6 is 0 Å². The fourth-order valence-electron chi connectivity index (χ4n) is 8.45. The number of hydrogen-bond donors (Lipinski definition) is 3. The fourth-order valence-corrected chi connectivity index (χ4v) is 8.45. The molecule has 58 heavy (non-hydrogen) atoms. The monoisotopic (exact) mass is 800 g/mol. The van der Waals surface area contributed by atoms with E-state index in [9.17, 15) is 14.4 Å². The van der Waals surface area contributed by atoms with Crippen LogP contribution in [0.4, 0.5) is 9.59 Å². The van der Waals surface area contributed by atoms with Crippen molar-refractivity contribution >= 4 is 25.1 Å². The van der Waals surface area contributed by atoms with E-state index in [2.05, 4.69) is 54.1 Å². The second-order valence-electron chi connectivity index (χ2n) is 17.1. The van der Waals surface area contributed by atoms with E-state index in [-0.39, 0.29) is 31.5 Å². The average molecular weight is 800 g/mol. The van der Waals surface area contributed by atoms with Crippen LogP contribution in [-0.4, -0.2) is 50.7 Å². The molecule has 324 valence electrons. The highest BCUT2D eigenvalue weighted by Gasteiger charge is 2.30. The van der Waals surface area contributed by atoms with Gasteiger partial charge in [-0.2, -0.15) is 0 Å². The third-order valence-corrected chi connectivity index (χ3v) is 12.0. The lowest BCUT2D eigenvalue weighted by Gasteiger charge is -2.19. The van der Waals surface area contributed by atoms with Crippen molar-refractivity contribution in [3.63, 3.8) is 0 Å². The Labute approximate surface area is 355 Å². The Morgan fingerprint density at radius 1 is 0.517 bits per heavy atom. The first-order chi connectivity index (χ1) is 28.5. The van der Waals surface area contributed by atoms with Crippen LogP contribution in [0.1, 0.15) is 211 Å². The Hall–Kier alpha value is -3.29. The maximum atomic E-state index is 13.4. The van der Waals surface area contributed by atoms with E-state index < -0.39 is 12.0 Å². The average Bonchev–Trinajstić information content (AvgIpc) is 3.55. The summed E-state index contributed by atoms with van der Waals surface area (Å²) in [4.78, 5) is 39.6. The van der Waals surface area contributed by atoms with Crippen molar-refractivity contribution in [3.8, 4) is 11.1 Å². The van der Waals surface area contributed by atoms with Crippen molar-refractivity contribution in [1.82, 2.24) is 16.0 Å². The number of hydrogen-bond acceptors (Lipinski definition) is 4. The van der Waals surface area contributed by atoms with Gasteiger partial charge >= 0.3 is 6.09 Å². The summed E-state index contributed by atoms with van der Waals surface area (Å²) in [7, 11) is -0.118. The van der Waals surface area contributed by atoms with Crippen molar-refractivity contribution in [3.05, 3.63) is 59.7 Å². The van der Waals surface area contributed by atoms with Crippen LogP contribution in [-0.2, 0) is 9.53 Å². The maximum Gasteiger partial charge on any atom is 0.407 e. The lowest BCUT2D eigenvalue weighted by atomic mass is 9.68. The minimum Gasteiger partial charge on any atom is -0.449 e. The van der Waals surface area contributed by atoms with Gasteiger partial charge in [0.2, 0.25) is 5.91 Å². The topological polar surface area (TPSA) is 96.5 Å². The predicted molar refractivity (Wildman–Crippen MR) is 246 cm³/mol. The summed E-state index contributed by atoms with van der Waals surface area (Å²) >= 11 is 0. The van der Waals surface area contributed by atoms with Crippen molar-refractivity contribution < 1.29 is 19.1 Å². The van der Waals surface area contributed by atoms with E-state index in [4.69, 9.17) is 4.74 Å². The molecule has 7 nitrogen and oxygen atoms in total. The highest BCUT2D eigenvalue weighted by atomic mass is 16.5. The molecule has 0 heterocycles. The smallest absolute Gasteiger partial charge is 0.407 e. The molecule has 0 bridgehead atoms. The molecule has 3 amide bonds. The first-order valence-corrected chi connectivity index (χ1v) is 24.2. The Bertz CT molecular complexity index is 1340. The van der Waals surface area contributed by atoms with E-state index >= 15 is 0 Å². The van der Waals surface area contributed by atoms with Gasteiger partial charge in [0.15, 0.2) is 5.81 Å². The Balaban J connectivity index is 1.34. The van der Waals surface area contributed by atoms with E-state index in [1.54, 1.807) is 0 Å². The number of amides is 3. The van der Waals surface area contributed by atoms with Crippen LogP contribution in [0.5, 0.6) is 0 Å². The number of unbranched alkanes of at least 4 members (excludes halogenated alkanes) is 26. The molecule has 1 atom stereocenters. The van der Waals surface area contributed by atoms with Gasteiger partial charge < -0.3 is 20.7 Å². The molecule has 3 N–H and O–H groups in total. The van der Waals surface area contributed by atoms with Crippen molar-refractivity contribution in [2.24, 2.45) is 0 Å². The van der Waals surface area contributed by atoms with Crippen LogP contribution < -0.4 is 16.0 Å². The van der Waals surface area contributed by atoms with Crippen LogP contribution in [0, 0.1) is 0 Å². The molecule has 3 rings (SSSR count). The molecular formula is C50H82BN3O4. The molecule has 2 aromatic rings. The second-order valence-corrected chi connectivity index (χ2v) is 17.1. The Kier molecular flexibility index (Phi) is 27.5. The molecule has 0 aliphatic heterocycles. The van der Waals surface area contributed by atoms with Gasteiger partial charge in [0.25, 0.3) is 7.28 Å². The fraction of sp³-hybridized carbons (Fsp3) is 0.700. The van der Waals surface area contributed by atoms with E-state index in [1.165, 1.54) is 148 Å². The van der Waals surface area contributed by atoms with Gasteiger partial charge in [-0.1, -0.05) is 229 Å². The summed E-state index contributed by atoms with van der Waals surface area (Å²) in [5.74, 6) is -1.65. The lowest BCUT2D eigenvalue weighted by Crippen LogP contribution is -2.54. The first-order valence-electron chi connectivity index (χ1n) is 24.2. The third-order valence-electron chi connectivity index (χ3n) is 12.0. The maximum absolute atomic E-state index is 13.4. The van der Waals surface area contributed by atoms with Gasteiger partial charge in [-0.15, -0.1) is 0 Å². The molecule has 0 fully saturated rings. The number of ether oxygens (including phenoxy) is 1. The molecule has 1 aliphatic rings. The van der Waals surface area contributed by atoms with E-state index in [0.29, 0.717) is 13.1 Å². The van der Waals surface area contributed by atoms with Gasteiger partial charge in [0.05, 0.1) is 5.94 Å². The summed E-state index contributed by atoms with van der Waals surface area (Å²) in [6, 6.07) is 16.4. The molecule has 1 aliphatic carbocycles. The summed E-state index contributed by atoms with van der Waals surface area (Å²) < 4.78 is 5.76. The van der Waals surface area contributed by atoms with E-state index in [0.717, 1.165) is 54.4 Å². The number of carbonyl (C=O) groups excluding carboxylic acids is 3. The van der Waals surface area contributed by atoms with Crippen molar-refractivity contribution in [2.75, 3.05) is 19.7 Å². The van der Waals surface area contributed by atoms with Gasteiger partial charge in [-0.05, 0) is 35.1 Å². The molecule has 0 aromatic heterocycles. The zero-order valence-corrected chi connectivity index (χ0v) is 37.0. The summed E-state index contributed by atoms with van der Waals surface area (Å²) in [5.41, 5.74) is 4.57. The van der Waals surface area contributed by atoms with Crippen LogP contribution in [0.25, 0.3) is 11.1 Å². The standard InChI is InChI=1S/C50H82BN3O4/c1-3-5-7-9-11-13-15-17-19-21-23-25-27-33-39-52-48(55)47(51-49(56)53-40-34-28-26-24-22-20-18-16-14-12-10-8-6-4-2)54-50(57)58-41-46-44-37-31-29-35-42(44)43-36-30-32-38-45(43)46/h29-32,35-38,46-47,51H,3-28,33-34,39-41H2,1-2H3,(H,52,55)(H,53,56)(H,54,57)/t47-/m1/s1. The van der Waals surface area contributed by atoms with Crippen molar-refractivity contribution in [1.29, 1.82) is 0 Å². The molecule has 0 saturated heterocycles. The summed E-state index contributed by atoms with van der Waals surface area (Å²) in [6.07, 6.45) is 35.2. The molecule has 0 radical (unpaired) electrons. The highest BCUT2D eigenvalue weighted by Crippen LogP contribution is 2.44. The van der Waals surface area contributed by atoms with Crippen LogP contribution in [0.3, 0.4) is 0 Å². The molecular weight excluding hydrogens is 717 g/mol. The molecule has 2 aromatic carbocycles. The van der Waals surface area contributed by atoms with Gasteiger partial charge in [-0.3, -0.25) is 9.59 Å². The molecule has 0 spiro atoms. The zero-order chi connectivity index (χ0) is 41.3. The highest BCUT2D eigenvalue weighted by molar-refractivity contribution is 6.77. The van der Waals surface area contributed by atoms with Crippen LogP contribution in [0.15, 0.2) is 48.5 Å². The predicted octanol–water partition coefficient (Wildman–Crippen LogP) is 13.1. The van der Waals surface area contributed by atoms with Gasteiger partial charge in [-0.25, -0.2) is 4.79 Å². The van der Waals surface area contributed by atoms with Crippen LogP contribution in [0.2, 0.25) is 0 Å². The number of rotatable bonds is 36. The Morgan fingerprint density at radius 2 is 0.879 bits per heavy atom. The van der Waals surface area contributed by atoms with E-state index in [1.807, 2.05) is 24.3 Å². The largest absolute Gasteiger partial charge is 0.449 e. The lowest BCUT2D eigenvalue weighted by molar-refractivity contribution is -0.121. The zero-order valence-electron chi connectivity index (χ0n) is 37.0. The third kappa shape index (κ3) is 21.1. The normalized spacial score (nSPS) is 12.4. The van der Waals surface area contributed by atoms with Crippen molar-refractivity contribution in [2.45, 2.75) is 205 Å². The quantitative estimate of drug-likeness (QED) is 0.0472. The minimum atomic E-state index is -1.00. The SMILES string of the molecule is CCCCCCCCCCCCCCCCNC(=O)B[C@H](NC(=O)OCC1c2ccccc2-c2ccccc21)C(=O)NCCCCCCCCCCCCCCCC. The molecule has 0 saturated carbocycles. The molecule has 8 heteroatoms. The number of carbonyl (C=O) groups is 3. The second kappa shape index (κ2) is 32.6. The number of benzene rings is 2. The first kappa shape index (κ1) is 49.1. The summed E-state index contributed by atoms with van der Waals surface area (Å²) in [6.45, 7) is 5.80. The minimum absolute atomic E-state index is 0.0841. The Morgan fingerprint density at radius 3 is 1.29 bits per heavy atom. The number of nitrogens with one attached hydrogen (secondary N) is 3. The summed E-state index contributed by atoms with van der Waals surface area (Å²) in [5, 5.41) is 8.73. The number of fused-ring (bicyclic) bond motifs is 3.